The van der Waals surface area contributed by atoms with Crippen molar-refractivity contribution in [2.75, 3.05) is 0 Å². The van der Waals surface area contributed by atoms with Crippen molar-refractivity contribution in [2.24, 2.45) is 5.92 Å². The van der Waals surface area contributed by atoms with Gasteiger partial charge in [0.25, 0.3) is 6.10 Å². The Morgan fingerprint density at radius 1 is 1.08 bits per heavy atom. The number of halogens is 3. The molecule has 0 saturated carbocycles. The molecular weight excluding hydrogens is 381 g/mol. The van der Waals surface area contributed by atoms with E-state index in [4.69, 9.17) is 4.74 Å². The van der Waals surface area contributed by atoms with Crippen molar-refractivity contribution in [1.82, 2.24) is 0 Å². The zero-order chi connectivity index (χ0) is 19.6. The molecule has 0 fully saturated rings. The summed E-state index contributed by atoms with van der Waals surface area (Å²) in [6.07, 6.45) is -0.530. The third-order valence-electron chi connectivity index (χ3n) is 3.00. The number of hydrogen-bond acceptors (Lipinski definition) is 3. The maximum atomic E-state index is 12.2. The standard InChI is InChI=1S/C10H18BF3O3.C6H15Ge/c1-7(2)6-8(17-11(12,13)14)9(15)16-10(3,4)5;1-4-7(5-2)6-3/h6-8H,1-5H3;4-6H2,1-3H3. The van der Waals surface area contributed by atoms with Crippen LogP contribution in [0.15, 0.2) is 0 Å². The molecule has 0 amide bonds. The summed E-state index contributed by atoms with van der Waals surface area (Å²) in [5.74, 6) is -1.24. The zero-order valence-corrected chi connectivity index (χ0v) is 18.4. The van der Waals surface area contributed by atoms with Crippen LogP contribution < -0.4 is 0 Å². The van der Waals surface area contributed by atoms with Gasteiger partial charge in [-0.1, -0.05) is 0 Å². The Hall–Kier alpha value is -0.302. The molecule has 3 nitrogen and oxygen atoms in total. The van der Waals surface area contributed by atoms with Crippen molar-refractivity contribution in [1.29, 1.82) is 0 Å². The number of hydrogen-bond donors (Lipinski definition) is 0. The van der Waals surface area contributed by atoms with E-state index in [2.05, 4.69) is 25.4 Å². The van der Waals surface area contributed by atoms with Crippen molar-refractivity contribution in [3.8, 4) is 0 Å². The summed E-state index contributed by atoms with van der Waals surface area (Å²) in [5, 5.41) is 4.56. The van der Waals surface area contributed by atoms with Gasteiger partial charge in [-0.15, -0.1) is 0 Å². The third kappa shape index (κ3) is 16.6. The molecule has 0 saturated heterocycles. The van der Waals surface area contributed by atoms with E-state index in [-0.39, 0.29) is 5.92 Å². The first kappa shape index (κ1) is 25.9. The molecule has 1 unspecified atom stereocenters. The third-order valence-corrected chi connectivity index (χ3v) is 9.29. The van der Waals surface area contributed by atoms with Crippen LogP contribution in [-0.4, -0.2) is 39.2 Å². The molecule has 0 aromatic carbocycles. The Morgan fingerprint density at radius 3 is 1.71 bits per heavy atom. The predicted molar refractivity (Wildman–Crippen MR) is 96.1 cm³/mol. The van der Waals surface area contributed by atoms with Gasteiger partial charge in [0.05, 0.1) is 5.92 Å². The summed E-state index contributed by atoms with van der Waals surface area (Å²) in [7, 11) is -5.49. The normalized spacial score (nSPS) is 13.4. The van der Waals surface area contributed by atoms with Crippen molar-refractivity contribution in [3.63, 3.8) is 0 Å². The quantitative estimate of drug-likeness (QED) is 0.301. The van der Waals surface area contributed by atoms with Crippen molar-refractivity contribution in [2.45, 2.75) is 82.9 Å². The van der Waals surface area contributed by atoms with E-state index in [9.17, 15) is 17.7 Å². The molecule has 0 aliphatic rings. The number of rotatable bonds is 8. The van der Waals surface area contributed by atoms with E-state index >= 15 is 0 Å². The van der Waals surface area contributed by atoms with Gasteiger partial charge in [-0.25, -0.2) is 4.79 Å². The van der Waals surface area contributed by atoms with Gasteiger partial charge in [-0.3, -0.25) is 0 Å². The Morgan fingerprint density at radius 2 is 1.50 bits per heavy atom. The van der Waals surface area contributed by atoms with Gasteiger partial charge in [0.15, 0.2) is 0 Å². The molecular formula is C16H33BF3GeO3. The molecule has 0 aromatic rings. The fraction of sp³-hybridized carbons (Fsp3) is 0.875. The summed E-state index contributed by atoms with van der Waals surface area (Å²) in [6.45, 7) is 15.1. The molecule has 0 N–H and O–H groups in total. The van der Waals surface area contributed by atoms with E-state index in [1.54, 1.807) is 34.6 Å². The second kappa shape index (κ2) is 12.1. The van der Waals surface area contributed by atoms with Gasteiger partial charge in [0.2, 0.25) is 0 Å². The fourth-order valence-electron chi connectivity index (χ4n) is 1.81. The van der Waals surface area contributed by atoms with Crippen LogP contribution >= 0.6 is 0 Å². The van der Waals surface area contributed by atoms with Gasteiger partial charge >= 0.3 is 64.0 Å². The Balaban J connectivity index is 0. The first-order valence-electron chi connectivity index (χ1n) is 8.53. The topological polar surface area (TPSA) is 35.5 Å². The Bertz CT molecular complexity index is 335. The molecule has 0 spiro atoms. The molecule has 8 heteroatoms. The van der Waals surface area contributed by atoms with E-state index in [1.807, 2.05) is 0 Å². The molecule has 0 heterocycles. The first-order chi connectivity index (χ1) is 10.8. The van der Waals surface area contributed by atoms with Crippen LogP contribution in [0.25, 0.3) is 0 Å². The molecule has 1 radical (unpaired) electrons. The van der Waals surface area contributed by atoms with E-state index < -0.39 is 39.2 Å². The zero-order valence-electron chi connectivity index (χ0n) is 16.3. The summed E-state index contributed by atoms with van der Waals surface area (Å²) in [6, 6.07) is 0. The molecule has 1 atom stereocenters. The summed E-state index contributed by atoms with van der Waals surface area (Å²) in [5.41, 5.74) is -0.845. The summed E-state index contributed by atoms with van der Waals surface area (Å²) >= 11 is -0.403. The Labute approximate surface area is 150 Å². The molecule has 143 valence electrons. The van der Waals surface area contributed by atoms with Crippen LogP contribution in [0.3, 0.4) is 0 Å². The monoisotopic (exact) mass is 415 g/mol. The van der Waals surface area contributed by atoms with Gasteiger partial charge in [0.1, 0.15) is 12.0 Å². The van der Waals surface area contributed by atoms with Crippen LogP contribution in [0.1, 0.15) is 55.4 Å². The molecule has 0 aliphatic carbocycles. The molecule has 0 aliphatic heterocycles. The molecule has 24 heavy (non-hydrogen) atoms. The SMILES string of the molecule is CC(C)[CH+]C(O[B-](F)(F)F)C(=O)OC(C)(C)C.C[CH2][Ge]([CH2]C)[CH2]C. The number of ether oxygens (including phenoxy) is 1. The first-order valence-corrected chi connectivity index (χ1v) is 13.0. The molecule has 0 rings (SSSR count). The molecule has 0 aromatic heterocycles. The summed E-state index contributed by atoms with van der Waals surface area (Å²) in [4.78, 5) is 11.5. The number of esters is 1. The van der Waals surface area contributed by atoms with Crippen LogP contribution in [-0.2, 0) is 14.2 Å². The van der Waals surface area contributed by atoms with E-state index in [0.29, 0.717) is 0 Å². The van der Waals surface area contributed by atoms with E-state index in [1.165, 1.54) is 22.2 Å². The minimum atomic E-state index is -5.49. The van der Waals surface area contributed by atoms with Crippen LogP contribution in [0.4, 0.5) is 12.9 Å². The van der Waals surface area contributed by atoms with Crippen molar-refractivity contribution in [3.05, 3.63) is 6.42 Å². The van der Waals surface area contributed by atoms with Crippen LogP contribution in [0.5, 0.6) is 0 Å². The molecule has 0 bridgehead atoms. The predicted octanol–water partition coefficient (Wildman–Crippen LogP) is 5.46. The summed E-state index contributed by atoms with van der Waals surface area (Å²) < 4.78 is 45.1. The Kier molecular flexibility index (Phi) is 13.1. The van der Waals surface area contributed by atoms with Crippen molar-refractivity contribution >= 4 is 27.5 Å². The fourth-order valence-corrected chi connectivity index (χ4v) is 4.95. The van der Waals surface area contributed by atoms with Gasteiger partial charge in [0, 0.05) is 0 Å². The number of carbonyl (C=O) groups is 1. The van der Waals surface area contributed by atoms with Gasteiger partial charge in [-0.2, -0.15) is 0 Å². The van der Waals surface area contributed by atoms with Gasteiger partial charge < -0.3 is 22.3 Å². The second-order valence-electron chi connectivity index (χ2n) is 6.85. The van der Waals surface area contributed by atoms with Crippen LogP contribution in [0.2, 0.25) is 15.8 Å². The van der Waals surface area contributed by atoms with Crippen LogP contribution in [0, 0.1) is 12.3 Å². The maximum absolute atomic E-state index is 12.2. The average Bonchev–Trinajstić information content (AvgIpc) is 2.36. The van der Waals surface area contributed by atoms with Crippen molar-refractivity contribution < 1.29 is 27.1 Å². The van der Waals surface area contributed by atoms with E-state index in [0.717, 1.165) is 0 Å². The van der Waals surface area contributed by atoms with Gasteiger partial charge in [-0.05, 0) is 34.6 Å². The second-order valence-corrected chi connectivity index (χ2v) is 14.4. The number of carbonyl (C=O) groups excluding carboxylic acids is 1. The minimum absolute atomic E-state index is 0.217. The average molecular weight is 414 g/mol.